The molecule has 3 aliphatic rings. The van der Waals surface area contributed by atoms with Crippen LogP contribution >= 0.6 is 0 Å². The molecule has 148 valence electrons. The average molecular weight is 380 g/mol. The lowest BCUT2D eigenvalue weighted by Crippen LogP contribution is -2.35. The van der Waals surface area contributed by atoms with Gasteiger partial charge in [0.15, 0.2) is 0 Å². The summed E-state index contributed by atoms with van der Waals surface area (Å²) in [5.41, 5.74) is 1.13. The molecule has 0 radical (unpaired) electrons. The zero-order valence-corrected chi connectivity index (χ0v) is 16.4. The van der Waals surface area contributed by atoms with Gasteiger partial charge >= 0.3 is 5.97 Å². The van der Waals surface area contributed by atoms with Crippen LogP contribution in [0, 0.1) is 17.8 Å². The number of nitrogens with zero attached hydrogens (tertiary/aromatic N) is 1. The Kier molecular flexibility index (Phi) is 5.08. The van der Waals surface area contributed by atoms with Crippen molar-refractivity contribution in [2.45, 2.75) is 38.6 Å². The van der Waals surface area contributed by atoms with Crippen LogP contribution in [0.4, 0.5) is 0 Å². The molecule has 1 aliphatic heterocycles. The van der Waals surface area contributed by atoms with E-state index in [0.29, 0.717) is 12.3 Å². The van der Waals surface area contributed by atoms with Gasteiger partial charge in [-0.1, -0.05) is 36.8 Å². The maximum Gasteiger partial charge on any atom is 0.311 e. The molecule has 4 heteroatoms. The maximum absolute atomic E-state index is 12.8. The third-order valence-electron chi connectivity index (χ3n) is 7.02. The molecule has 3 fully saturated rings. The van der Waals surface area contributed by atoms with Gasteiger partial charge in [-0.05, 0) is 53.9 Å². The number of ether oxygens (including phenoxy) is 2. The molecule has 2 aromatic rings. The smallest absolute Gasteiger partial charge is 0.311 e. The van der Waals surface area contributed by atoms with Crippen LogP contribution in [0.2, 0.25) is 0 Å². The van der Waals surface area contributed by atoms with E-state index in [1.165, 1.54) is 36.5 Å². The number of morpholine rings is 1. The highest BCUT2D eigenvalue weighted by Crippen LogP contribution is 2.49. The number of carbonyl (C=O) groups is 1. The first-order valence-electron chi connectivity index (χ1n) is 10.8. The van der Waals surface area contributed by atoms with Crippen molar-refractivity contribution in [3.63, 3.8) is 0 Å². The van der Waals surface area contributed by atoms with Crippen molar-refractivity contribution in [2.24, 2.45) is 17.8 Å². The second-order valence-electron chi connectivity index (χ2n) is 8.77. The fourth-order valence-corrected chi connectivity index (χ4v) is 5.56. The summed E-state index contributed by atoms with van der Waals surface area (Å²) in [5, 5.41) is 2.37. The summed E-state index contributed by atoms with van der Waals surface area (Å²) in [4.78, 5) is 15.2. The lowest BCUT2D eigenvalue weighted by Gasteiger charge is -2.28. The topological polar surface area (TPSA) is 38.8 Å². The Balaban J connectivity index is 1.36. The minimum atomic E-state index is -0.0592. The van der Waals surface area contributed by atoms with Gasteiger partial charge in [0.05, 0.1) is 13.2 Å². The number of hydrogen-bond acceptors (Lipinski definition) is 4. The molecule has 0 unspecified atom stereocenters. The molecule has 5 rings (SSSR count). The van der Waals surface area contributed by atoms with E-state index in [0.717, 1.165) is 56.0 Å². The standard InChI is InChI=1S/C24H29NO3/c26-24(15-20-14-17-5-6-19(20)13-17)28-23-8-7-18-3-1-2-4-21(18)22(23)16-25-9-11-27-12-10-25/h1-4,7-8,17,19-20H,5-6,9-16H2/t17-,19-,20+/m0/s1. The van der Waals surface area contributed by atoms with Crippen molar-refractivity contribution in [1.29, 1.82) is 0 Å². The van der Waals surface area contributed by atoms with Crippen molar-refractivity contribution < 1.29 is 14.3 Å². The highest BCUT2D eigenvalue weighted by Gasteiger charge is 2.40. The maximum atomic E-state index is 12.8. The zero-order chi connectivity index (χ0) is 18.9. The Morgan fingerprint density at radius 1 is 1.07 bits per heavy atom. The summed E-state index contributed by atoms with van der Waals surface area (Å²) in [6, 6.07) is 12.4. The minimum Gasteiger partial charge on any atom is -0.426 e. The van der Waals surface area contributed by atoms with Crippen LogP contribution in [0.5, 0.6) is 5.75 Å². The predicted octanol–water partition coefficient (Wildman–Crippen LogP) is 4.40. The molecule has 0 spiro atoms. The molecule has 2 saturated carbocycles. The van der Waals surface area contributed by atoms with Crippen molar-refractivity contribution >= 4 is 16.7 Å². The summed E-state index contributed by atoms with van der Waals surface area (Å²) >= 11 is 0. The van der Waals surface area contributed by atoms with Crippen LogP contribution in [0.3, 0.4) is 0 Å². The van der Waals surface area contributed by atoms with Crippen molar-refractivity contribution in [3.05, 3.63) is 42.0 Å². The largest absolute Gasteiger partial charge is 0.426 e. The fourth-order valence-electron chi connectivity index (χ4n) is 5.56. The van der Waals surface area contributed by atoms with E-state index in [1.54, 1.807) is 0 Å². The van der Waals surface area contributed by atoms with E-state index in [4.69, 9.17) is 9.47 Å². The highest BCUT2D eigenvalue weighted by molar-refractivity contribution is 5.88. The SMILES string of the molecule is O=C(C[C@H]1C[C@H]2CC[C@H]1C2)Oc1ccc2ccccc2c1CN1CCOCC1. The van der Waals surface area contributed by atoms with E-state index in [2.05, 4.69) is 35.2 Å². The normalized spacial score (nSPS) is 27.4. The second kappa shape index (κ2) is 7.84. The third kappa shape index (κ3) is 3.68. The molecule has 2 aliphatic carbocycles. The number of rotatable bonds is 5. The molecule has 1 heterocycles. The summed E-state index contributed by atoms with van der Waals surface area (Å²) < 4.78 is 11.5. The number of benzene rings is 2. The Morgan fingerprint density at radius 2 is 1.93 bits per heavy atom. The molecule has 0 N–H and O–H groups in total. The second-order valence-corrected chi connectivity index (χ2v) is 8.77. The van der Waals surface area contributed by atoms with Crippen LogP contribution in [-0.2, 0) is 16.1 Å². The molecule has 4 nitrogen and oxygen atoms in total. The number of esters is 1. The Bertz CT molecular complexity index is 858. The van der Waals surface area contributed by atoms with Gasteiger partial charge in [-0.3, -0.25) is 9.69 Å². The van der Waals surface area contributed by atoms with E-state index >= 15 is 0 Å². The Morgan fingerprint density at radius 3 is 2.71 bits per heavy atom. The predicted molar refractivity (Wildman–Crippen MR) is 109 cm³/mol. The Labute approximate surface area is 166 Å². The van der Waals surface area contributed by atoms with Gasteiger partial charge in [0.25, 0.3) is 0 Å². The summed E-state index contributed by atoms with van der Waals surface area (Å²) in [6.07, 6.45) is 5.80. The monoisotopic (exact) mass is 379 g/mol. The molecular weight excluding hydrogens is 350 g/mol. The molecule has 3 atom stereocenters. The molecular formula is C24H29NO3. The van der Waals surface area contributed by atoms with Crippen LogP contribution < -0.4 is 4.74 Å². The van der Waals surface area contributed by atoms with Crippen molar-refractivity contribution in [1.82, 2.24) is 4.90 Å². The molecule has 1 saturated heterocycles. The van der Waals surface area contributed by atoms with Gasteiger partial charge in [0, 0.05) is 31.6 Å². The van der Waals surface area contributed by atoms with Crippen LogP contribution in [0.15, 0.2) is 36.4 Å². The first kappa shape index (κ1) is 18.1. The van der Waals surface area contributed by atoms with Gasteiger partial charge in [0.1, 0.15) is 5.75 Å². The molecule has 0 amide bonds. The van der Waals surface area contributed by atoms with E-state index in [-0.39, 0.29) is 5.97 Å². The summed E-state index contributed by atoms with van der Waals surface area (Å²) in [6.45, 7) is 4.17. The van der Waals surface area contributed by atoms with Gasteiger partial charge in [0.2, 0.25) is 0 Å². The quantitative estimate of drug-likeness (QED) is 0.570. The van der Waals surface area contributed by atoms with Gasteiger partial charge in [-0.15, -0.1) is 0 Å². The highest BCUT2D eigenvalue weighted by atomic mass is 16.5. The van der Waals surface area contributed by atoms with Crippen LogP contribution in [0.1, 0.15) is 37.7 Å². The van der Waals surface area contributed by atoms with Crippen molar-refractivity contribution in [2.75, 3.05) is 26.3 Å². The first-order valence-corrected chi connectivity index (χ1v) is 10.8. The number of carbonyl (C=O) groups excluding carboxylic acids is 1. The van der Waals surface area contributed by atoms with Gasteiger partial charge in [-0.2, -0.15) is 0 Å². The van der Waals surface area contributed by atoms with E-state index < -0.39 is 0 Å². The van der Waals surface area contributed by atoms with E-state index in [1.807, 2.05) is 6.07 Å². The average Bonchev–Trinajstić information content (AvgIpc) is 3.34. The Hall–Kier alpha value is -1.91. The van der Waals surface area contributed by atoms with Crippen molar-refractivity contribution in [3.8, 4) is 5.75 Å². The first-order chi connectivity index (χ1) is 13.8. The van der Waals surface area contributed by atoms with Gasteiger partial charge < -0.3 is 9.47 Å². The molecule has 28 heavy (non-hydrogen) atoms. The van der Waals surface area contributed by atoms with E-state index in [9.17, 15) is 4.79 Å². The minimum absolute atomic E-state index is 0.0592. The van der Waals surface area contributed by atoms with Gasteiger partial charge in [-0.25, -0.2) is 0 Å². The zero-order valence-electron chi connectivity index (χ0n) is 16.4. The lowest BCUT2D eigenvalue weighted by atomic mass is 9.86. The lowest BCUT2D eigenvalue weighted by molar-refractivity contribution is -0.135. The van der Waals surface area contributed by atoms with Crippen LogP contribution in [0.25, 0.3) is 10.8 Å². The summed E-state index contributed by atoms with van der Waals surface area (Å²) in [7, 11) is 0. The molecule has 2 bridgehead atoms. The third-order valence-corrected chi connectivity index (χ3v) is 7.02. The number of hydrogen-bond donors (Lipinski definition) is 0. The van der Waals surface area contributed by atoms with Crippen LogP contribution in [-0.4, -0.2) is 37.2 Å². The molecule has 2 aromatic carbocycles. The number of fused-ring (bicyclic) bond motifs is 3. The summed E-state index contributed by atoms with van der Waals surface area (Å²) in [5.74, 6) is 2.83. The fraction of sp³-hybridized carbons (Fsp3) is 0.542. The molecule has 0 aromatic heterocycles.